The van der Waals surface area contributed by atoms with Gasteiger partial charge in [-0.05, 0) is 41.6 Å². The van der Waals surface area contributed by atoms with E-state index in [0.29, 0.717) is 12.1 Å². The fraction of sp³-hybridized carbons (Fsp3) is 0.111. The van der Waals surface area contributed by atoms with Crippen molar-refractivity contribution in [1.82, 2.24) is 10.3 Å². The largest absolute Gasteiger partial charge is 0.347 e. The number of nitrogens with zero attached hydrogens (tertiary/aromatic N) is 1. The van der Waals surface area contributed by atoms with Crippen molar-refractivity contribution in [2.24, 2.45) is 0 Å². The van der Waals surface area contributed by atoms with Crippen molar-refractivity contribution in [3.63, 3.8) is 0 Å². The molecule has 23 heavy (non-hydrogen) atoms. The third kappa shape index (κ3) is 3.79. The van der Waals surface area contributed by atoms with Crippen LogP contribution >= 0.6 is 33.9 Å². The fourth-order valence-corrected chi connectivity index (χ4v) is 3.84. The molecule has 3 nitrogen and oxygen atoms in total. The summed E-state index contributed by atoms with van der Waals surface area (Å²) in [5, 5.41) is 3.98. The Morgan fingerprint density at radius 1 is 1.13 bits per heavy atom. The van der Waals surface area contributed by atoms with E-state index in [-0.39, 0.29) is 5.91 Å². The standard InChI is InChI=1S/C18H15IN2OS/c1-12-16(23-18(21-12)13-7-3-2-4-8-13)11-20-17(22)14-9-5-6-10-15(14)19/h2-10H,11H2,1H3,(H,20,22). The zero-order valence-electron chi connectivity index (χ0n) is 12.5. The summed E-state index contributed by atoms with van der Waals surface area (Å²) >= 11 is 3.80. The van der Waals surface area contributed by atoms with Crippen LogP contribution in [0.4, 0.5) is 0 Å². The predicted molar refractivity (Wildman–Crippen MR) is 103 cm³/mol. The van der Waals surface area contributed by atoms with E-state index in [0.717, 1.165) is 24.7 Å². The van der Waals surface area contributed by atoms with Gasteiger partial charge in [0, 0.05) is 14.0 Å². The zero-order chi connectivity index (χ0) is 16.2. The Hall–Kier alpha value is -1.73. The second-order valence-corrected chi connectivity index (χ2v) is 7.30. The number of amides is 1. The van der Waals surface area contributed by atoms with Crippen LogP contribution in [0, 0.1) is 10.5 Å². The van der Waals surface area contributed by atoms with Crippen LogP contribution in [0.25, 0.3) is 10.6 Å². The van der Waals surface area contributed by atoms with Crippen LogP contribution in [0.2, 0.25) is 0 Å². The lowest BCUT2D eigenvalue weighted by Crippen LogP contribution is -2.23. The number of rotatable bonds is 4. The van der Waals surface area contributed by atoms with Crippen molar-refractivity contribution in [2.75, 3.05) is 0 Å². The molecule has 1 heterocycles. The van der Waals surface area contributed by atoms with Crippen LogP contribution in [-0.4, -0.2) is 10.9 Å². The number of hydrogen-bond donors (Lipinski definition) is 1. The minimum Gasteiger partial charge on any atom is -0.347 e. The third-order valence-corrected chi connectivity index (χ3v) is 5.59. The number of benzene rings is 2. The van der Waals surface area contributed by atoms with E-state index in [9.17, 15) is 4.79 Å². The van der Waals surface area contributed by atoms with E-state index in [4.69, 9.17) is 0 Å². The van der Waals surface area contributed by atoms with Gasteiger partial charge in [-0.1, -0.05) is 42.5 Å². The maximum atomic E-state index is 12.3. The molecule has 0 aliphatic carbocycles. The molecule has 0 radical (unpaired) electrons. The molecule has 0 bridgehead atoms. The normalized spacial score (nSPS) is 10.5. The lowest BCUT2D eigenvalue weighted by atomic mass is 10.2. The van der Waals surface area contributed by atoms with Crippen molar-refractivity contribution < 1.29 is 4.79 Å². The molecule has 0 aliphatic rings. The SMILES string of the molecule is Cc1nc(-c2ccccc2)sc1CNC(=O)c1ccccc1I. The van der Waals surface area contributed by atoms with E-state index in [2.05, 4.69) is 32.9 Å². The fourth-order valence-electron chi connectivity index (χ4n) is 2.20. The first-order valence-corrected chi connectivity index (χ1v) is 9.09. The second-order valence-electron chi connectivity index (χ2n) is 5.06. The summed E-state index contributed by atoms with van der Waals surface area (Å²) in [5.74, 6) is -0.0518. The van der Waals surface area contributed by atoms with Crippen molar-refractivity contribution >= 4 is 39.8 Å². The molecule has 0 aliphatic heterocycles. The van der Waals surface area contributed by atoms with Crippen molar-refractivity contribution in [3.8, 4) is 10.6 Å². The van der Waals surface area contributed by atoms with Gasteiger partial charge in [0.25, 0.3) is 5.91 Å². The first kappa shape index (κ1) is 16.1. The van der Waals surface area contributed by atoms with Gasteiger partial charge >= 0.3 is 0 Å². The highest BCUT2D eigenvalue weighted by Gasteiger charge is 2.12. The van der Waals surface area contributed by atoms with Gasteiger partial charge < -0.3 is 5.32 Å². The lowest BCUT2D eigenvalue weighted by Gasteiger charge is -2.05. The summed E-state index contributed by atoms with van der Waals surface area (Å²) in [6.07, 6.45) is 0. The number of aromatic nitrogens is 1. The molecule has 0 saturated carbocycles. The lowest BCUT2D eigenvalue weighted by molar-refractivity contribution is 0.0950. The molecule has 0 atom stereocenters. The van der Waals surface area contributed by atoms with Crippen LogP contribution in [0.1, 0.15) is 20.9 Å². The number of carbonyl (C=O) groups is 1. The van der Waals surface area contributed by atoms with Crippen molar-refractivity contribution in [1.29, 1.82) is 0 Å². The Labute approximate surface area is 152 Å². The average Bonchev–Trinajstić information content (AvgIpc) is 2.95. The molecule has 1 N–H and O–H groups in total. The minimum atomic E-state index is -0.0518. The molecular formula is C18H15IN2OS. The van der Waals surface area contributed by atoms with Gasteiger partial charge in [0.1, 0.15) is 5.01 Å². The highest BCUT2D eigenvalue weighted by molar-refractivity contribution is 14.1. The molecule has 116 valence electrons. The van der Waals surface area contributed by atoms with Crippen LogP contribution in [0.3, 0.4) is 0 Å². The second kappa shape index (κ2) is 7.23. The van der Waals surface area contributed by atoms with E-state index < -0.39 is 0 Å². The summed E-state index contributed by atoms with van der Waals surface area (Å²) in [6, 6.07) is 17.7. The summed E-state index contributed by atoms with van der Waals surface area (Å²) in [6.45, 7) is 2.48. The Morgan fingerprint density at radius 3 is 2.57 bits per heavy atom. The van der Waals surface area contributed by atoms with Crippen LogP contribution < -0.4 is 5.32 Å². The molecule has 5 heteroatoms. The molecule has 2 aromatic carbocycles. The first-order valence-electron chi connectivity index (χ1n) is 7.19. The quantitative estimate of drug-likeness (QED) is 0.608. The Morgan fingerprint density at radius 2 is 1.83 bits per heavy atom. The van der Waals surface area contributed by atoms with Gasteiger partial charge in [0.2, 0.25) is 0 Å². The number of aryl methyl sites for hydroxylation is 1. The predicted octanol–water partition coefficient (Wildman–Crippen LogP) is 4.65. The van der Waals surface area contributed by atoms with Crippen LogP contribution in [-0.2, 0) is 6.54 Å². The molecule has 1 amide bonds. The number of hydrogen-bond acceptors (Lipinski definition) is 3. The maximum Gasteiger partial charge on any atom is 0.252 e. The van der Waals surface area contributed by atoms with Gasteiger partial charge in [-0.3, -0.25) is 4.79 Å². The summed E-state index contributed by atoms with van der Waals surface area (Å²) in [7, 11) is 0. The number of nitrogens with one attached hydrogen (secondary N) is 1. The van der Waals surface area contributed by atoms with Gasteiger partial charge in [0.15, 0.2) is 0 Å². The van der Waals surface area contributed by atoms with E-state index >= 15 is 0 Å². The molecule has 1 aromatic heterocycles. The van der Waals surface area contributed by atoms with Gasteiger partial charge in [-0.15, -0.1) is 11.3 Å². The average molecular weight is 434 g/mol. The number of carbonyl (C=O) groups excluding carboxylic acids is 1. The van der Waals surface area contributed by atoms with E-state index in [1.165, 1.54) is 0 Å². The molecule has 0 unspecified atom stereocenters. The Kier molecular flexibility index (Phi) is 5.07. The first-order chi connectivity index (χ1) is 11.1. The highest BCUT2D eigenvalue weighted by atomic mass is 127. The molecule has 3 aromatic rings. The molecule has 0 saturated heterocycles. The molecule has 0 fully saturated rings. The minimum absolute atomic E-state index is 0.0518. The van der Waals surface area contributed by atoms with Gasteiger partial charge in [-0.25, -0.2) is 4.98 Å². The van der Waals surface area contributed by atoms with Crippen LogP contribution in [0.15, 0.2) is 54.6 Å². The summed E-state index contributed by atoms with van der Waals surface area (Å²) in [4.78, 5) is 18.0. The molecular weight excluding hydrogens is 419 g/mol. The smallest absolute Gasteiger partial charge is 0.252 e. The summed E-state index contributed by atoms with van der Waals surface area (Å²) < 4.78 is 0.952. The summed E-state index contributed by atoms with van der Waals surface area (Å²) in [5.41, 5.74) is 2.78. The van der Waals surface area contributed by atoms with Gasteiger partial charge in [-0.2, -0.15) is 0 Å². The van der Waals surface area contributed by atoms with Crippen molar-refractivity contribution in [3.05, 3.63) is 74.3 Å². The zero-order valence-corrected chi connectivity index (χ0v) is 15.5. The van der Waals surface area contributed by atoms with E-state index in [1.807, 2.05) is 61.5 Å². The molecule has 3 rings (SSSR count). The third-order valence-electron chi connectivity index (χ3n) is 3.44. The Balaban J connectivity index is 1.73. The highest BCUT2D eigenvalue weighted by Crippen LogP contribution is 2.27. The monoisotopic (exact) mass is 434 g/mol. The topological polar surface area (TPSA) is 42.0 Å². The van der Waals surface area contributed by atoms with Crippen molar-refractivity contribution in [2.45, 2.75) is 13.5 Å². The van der Waals surface area contributed by atoms with E-state index in [1.54, 1.807) is 11.3 Å². The van der Waals surface area contributed by atoms with Crippen LogP contribution in [0.5, 0.6) is 0 Å². The van der Waals surface area contributed by atoms with Gasteiger partial charge in [0.05, 0.1) is 17.8 Å². The number of halogens is 1. The molecule has 0 spiro atoms. The maximum absolute atomic E-state index is 12.3. The number of thiazole rings is 1. The Bertz CT molecular complexity index is 830.